The van der Waals surface area contributed by atoms with Crippen LogP contribution in [0.4, 0.5) is 63.1 Å². The van der Waals surface area contributed by atoms with E-state index in [9.17, 15) is 59.5 Å². The maximum atomic E-state index is 14.6. The van der Waals surface area contributed by atoms with Crippen LogP contribution in [0.2, 0.25) is 5.02 Å². The number of hydrogen-bond acceptors (Lipinski definition) is 25. The second-order valence-corrected chi connectivity index (χ2v) is 46.6. The molecule has 0 saturated carbocycles. The number of hydrogen-bond donors (Lipinski definition) is 0. The predicted octanol–water partition coefficient (Wildman–Crippen LogP) is 7.10. The van der Waals surface area contributed by atoms with Gasteiger partial charge in [-0.15, -0.1) is 0 Å². The lowest BCUT2D eigenvalue weighted by Gasteiger charge is -2.51. The summed E-state index contributed by atoms with van der Waals surface area (Å²) in [7, 11) is 12.7. The number of amides is 2. The van der Waals surface area contributed by atoms with Crippen LogP contribution in [0, 0.1) is 57.9 Å². The number of halogens is 5. The summed E-state index contributed by atoms with van der Waals surface area (Å²) in [6, 6.07) is 8.24. The fourth-order valence-corrected chi connectivity index (χ4v) is 26.6. The molecule has 2 amide bonds. The Morgan fingerprint density at radius 1 is 0.445 bits per heavy atom. The van der Waals surface area contributed by atoms with Crippen LogP contribution < -0.4 is 66.4 Å². The van der Waals surface area contributed by atoms with Gasteiger partial charge in [-0.05, 0) is 167 Å². The number of aromatic nitrogens is 10. The van der Waals surface area contributed by atoms with E-state index in [2.05, 4.69) is 130 Å². The lowest BCUT2D eigenvalue weighted by Crippen LogP contribution is -2.66. The summed E-state index contributed by atoms with van der Waals surface area (Å²) >= 11 is 6.42. The highest BCUT2D eigenvalue weighted by molar-refractivity contribution is 8.14. The lowest BCUT2D eigenvalue weighted by atomic mass is 9.97. The third-order valence-electron chi connectivity index (χ3n) is 30.1. The van der Waals surface area contributed by atoms with E-state index < -0.39 is 59.2 Å². The molecule has 0 aliphatic carbocycles. The molecule has 33 nitrogen and oxygen atoms in total. The van der Waals surface area contributed by atoms with Gasteiger partial charge in [0.05, 0.1) is 104 Å². The average Bonchev–Trinajstić information content (AvgIpc) is 1.62. The Labute approximate surface area is 801 Å². The van der Waals surface area contributed by atoms with E-state index in [4.69, 9.17) is 16.3 Å². The third-order valence-corrected chi connectivity index (χ3v) is 35.5. The van der Waals surface area contributed by atoms with E-state index in [0.29, 0.717) is 178 Å². The van der Waals surface area contributed by atoms with Crippen molar-refractivity contribution < 1.29 is 40.3 Å². The number of likely N-dealkylation sites (N-methyl/N-ethyl adjacent to an activating group) is 5. The van der Waals surface area contributed by atoms with Crippen LogP contribution in [0.25, 0.3) is 55.2 Å². The second-order valence-electron chi connectivity index (χ2n) is 39.8. The highest BCUT2D eigenvalue weighted by Crippen LogP contribution is 2.49. The van der Waals surface area contributed by atoms with Gasteiger partial charge in [-0.1, -0.05) is 17.5 Å². The van der Waals surface area contributed by atoms with Gasteiger partial charge in [0, 0.05) is 207 Å². The van der Waals surface area contributed by atoms with Gasteiger partial charge in [0.1, 0.15) is 85.5 Å². The van der Waals surface area contributed by atoms with Gasteiger partial charge in [0.15, 0.2) is 0 Å². The first-order valence-corrected chi connectivity index (χ1v) is 52.3. The molecule has 6 fully saturated rings. The number of fused-ring (bicyclic) bond motifs is 25. The summed E-state index contributed by atoms with van der Waals surface area (Å²) in [6.07, 6.45) is 2.26. The molecule has 0 radical (unpaired) electrons. The molecular weight excluding hydrogens is 1840 g/mol. The van der Waals surface area contributed by atoms with E-state index >= 15 is 0 Å². The molecule has 11 aliphatic heterocycles. The van der Waals surface area contributed by atoms with Crippen molar-refractivity contribution in [2.75, 3.05) is 177 Å². The summed E-state index contributed by atoms with van der Waals surface area (Å²) in [5.74, 6) is 11.5. The van der Waals surface area contributed by atoms with E-state index in [0.717, 1.165) is 65.5 Å². The molecule has 41 heteroatoms. The van der Waals surface area contributed by atoms with Gasteiger partial charge in [-0.3, -0.25) is 94.3 Å². The molecule has 21 rings (SSSR count). The van der Waals surface area contributed by atoms with Crippen molar-refractivity contribution >= 4 is 171 Å². The quantitative estimate of drug-likeness (QED) is 0.126. The SMILES string of the molecule is C=S(C)(=O)N1CC2CN(C)C(C)CN2c2c1c(=O)n(C)c1nc(C)c(Cl)cc21.C=S1(=O)CC2CN(C)C(C)CN2c2c1c(=O)n(C)c1nc(C)c(F)cc21.C=S1CC2CN(C)C(C)CN2c2c1c(=O)n(C)c1nc(C)c(F)cc21.Cc1nc2c(cc1F)c1c(c(=O)n2C)N(C(C)C)C(=O)C2CN(C)C(C)CN12.Cc1nc2c(cc1F)c1c(c(=O)n2C)N(C2CCOC2)C(=O)C2CN(C)C(C)CN12. The minimum absolute atomic E-state index is 0.0200. The highest BCUT2D eigenvalue weighted by atomic mass is 35.5. The largest absolute Gasteiger partial charge is 0.379 e. The molecule has 10 aromatic rings. The van der Waals surface area contributed by atoms with Crippen molar-refractivity contribution in [2.45, 2.75) is 172 Å². The molecule has 137 heavy (non-hydrogen) atoms. The fourth-order valence-electron chi connectivity index (χ4n) is 21.5. The Morgan fingerprint density at radius 2 is 0.803 bits per heavy atom. The first-order chi connectivity index (χ1) is 64.3. The molecule has 6 saturated heterocycles. The second kappa shape index (κ2) is 36.0. The van der Waals surface area contributed by atoms with Gasteiger partial charge in [-0.2, -0.15) is 10.5 Å². The van der Waals surface area contributed by atoms with Crippen LogP contribution in [-0.2, 0) is 68.8 Å². The minimum atomic E-state index is -2.77. The van der Waals surface area contributed by atoms with Crippen molar-refractivity contribution in [3.05, 3.63) is 139 Å². The fraction of sp³-hybridized carbons (Fsp3) is 0.531. The first kappa shape index (κ1) is 98.2. The zero-order valence-electron chi connectivity index (χ0n) is 82.2. The minimum Gasteiger partial charge on any atom is -0.379 e. The van der Waals surface area contributed by atoms with Crippen molar-refractivity contribution in [2.24, 2.45) is 35.2 Å². The zero-order valence-corrected chi connectivity index (χ0v) is 85.4. The molecule has 0 bridgehead atoms. The molecule has 0 aromatic carbocycles. The third kappa shape index (κ3) is 16.4. The summed E-state index contributed by atoms with van der Waals surface area (Å²) in [4.78, 5) is 141. The summed E-state index contributed by atoms with van der Waals surface area (Å²) in [5, 5.41) is 3.75. The summed E-state index contributed by atoms with van der Waals surface area (Å²) in [5.41, 5.74) is 7.49. The maximum absolute atomic E-state index is 14.6. The molecule has 736 valence electrons. The Bertz CT molecular complexity index is 7360. The Hall–Kier alpha value is -10.4. The number of nitrogens with zero attached hydrogens (tertiary/aromatic N) is 23. The highest BCUT2D eigenvalue weighted by Gasteiger charge is 2.52. The molecule has 14 unspecified atom stereocenters. The van der Waals surface area contributed by atoms with E-state index in [1.807, 2.05) is 57.8 Å². The van der Waals surface area contributed by atoms with Crippen molar-refractivity contribution in [1.29, 1.82) is 0 Å². The molecule has 11 aliphatic rings. The van der Waals surface area contributed by atoms with Gasteiger partial charge in [0.2, 0.25) is 0 Å². The van der Waals surface area contributed by atoms with Gasteiger partial charge in [0.25, 0.3) is 39.6 Å². The molecule has 21 heterocycles. The smallest absolute Gasteiger partial charge is 0.278 e. The maximum Gasteiger partial charge on any atom is 0.278 e. The monoisotopic (exact) mass is 1970 g/mol. The number of rotatable bonds is 3. The molecule has 0 spiro atoms. The van der Waals surface area contributed by atoms with E-state index in [-0.39, 0.29) is 110 Å². The summed E-state index contributed by atoms with van der Waals surface area (Å²) in [6.45, 7) is 31.1. The molecular formula is C96H124ClF4N23O10S3. The van der Waals surface area contributed by atoms with Crippen molar-refractivity contribution in [1.82, 2.24) is 72.3 Å². The normalized spacial score (nSPS) is 26.0. The number of pyridine rings is 10. The number of anilines is 8. The topological polar surface area (TPSA) is 294 Å². The summed E-state index contributed by atoms with van der Waals surface area (Å²) < 4.78 is 98.7. The van der Waals surface area contributed by atoms with Gasteiger partial charge in [-0.25, -0.2) is 46.7 Å². The number of aryl methyl sites for hydroxylation is 10. The van der Waals surface area contributed by atoms with Crippen LogP contribution in [0.3, 0.4) is 0 Å². The number of piperazine rings is 5. The lowest BCUT2D eigenvalue weighted by molar-refractivity contribution is -0.122. The van der Waals surface area contributed by atoms with Crippen LogP contribution in [0.15, 0.2) is 64.1 Å². The van der Waals surface area contributed by atoms with Gasteiger partial charge < -0.3 is 34.1 Å². The molecule has 0 N–H and O–H groups in total. The zero-order chi connectivity index (χ0) is 99.4. The van der Waals surface area contributed by atoms with Crippen LogP contribution in [-0.4, -0.2) is 321 Å². The van der Waals surface area contributed by atoms with Crippen LogP contribution in [0.1, 0.15) is 83.4 Å². The van der Waals surface area contributed by atoms with E-state index in [1.165, 1.54) is 36.5 Å². The van der Waals surface area contributed by atoms with Gasteiger partial charge >= 0.3 is 0 Å². The Kier molecular flexibility index (Phi) is 25.8. The standard InChI is InChI=1S/C21H26FN5O3.C20H26FN5O2.C19H26ClN5O2S.C18H23FN4O2S.C18H23FN4OS/c1-11-8-26-16(9-24(11)3)20(28)27(13-5-6-30-10-13)18-17(26)14-7-15(22)12(2)23-19(14)25(4)21(18)29;1-10(2)26-17-16(25-8-11(3)23(5)9-15(25)19(26)27)13-7-14(21)12(4)22-18(13)24(6)20(17)28;1-11-8-24-13(9-22(11)3)10-25(28(5,6)27)17-16(24)14-7-15(20)12(2)21-18(14)23(4)19(17)26;1-10-7-23-12(8-21(10)3)9-26(5,25)16-15(23)13-6-14(19)11(2)20-17(13)22(4)18(16)24;1-10-7-23-12(8-21(10)3)9-25(5)16-15(23)13-6-14(19)11(2)20-17(13)22(4)18(16)24/h7,11,13,16H,5-6,8-10H2,1-4H3;7,10-11,15H,8-9H2,1-6H3;7,11,13H,5,8-10H2,1-4,6H3;6,10,12H,5,7-9H2,1-4H3;6,10,12H,5,7-9H2,1-4H3. The Morgan fingerprint density at radius 3 is 1.26 bits per heavy atom. The number of carbonyl (C=O) groups is 2. The first-order valence-electron chi connectivity index (χ1n) is 46.4. The van der Waals surface area contributed by atoms with Crippen molar-refractivity contribution in [3.63, 3.8) is 0 Å². The average molecular weight is 1970 g/mol. The van der Waals surface area contributed by atoms with Crippen molar-refractivity contribution in [3.8, 4) is 0 Å². The predicted molar refractivity (Wildman–Crippen MR) is 544 cm³/mol. The molecule has 10 aromatic heterocycles. The molecule has 14 atom stereocenters. The number of carbonyl (C=O) groups excluding carboxylic acids is 2. The van der Waals surface area contributed by atoms with Crippen LogP contribution >= 0.6 is 22.1 Å². The Balaban J connectivity index is 0.000000119. The van der Waals surface area contributed by atoms with E-state index in [1.54, 1.807) is 93.9 Å². The van der Waals surface area contributed by atoms with Crippen LogP contribution in [0.5, 0.6) is 0 Å². The number of ether oxygens (including phenoxy) is 1.